The van der Waals surface area contributed by atoms with Gasteiger partial charge < -0.3 is 10.2 Å². The van der Waals surface area contributed by atoms with Gasteiger partial charge in [0.15, 0.2) is 0 Å². The van der Waals surface area contributed by atoms with Gasteiger partial charge in [-0.3, -0.25) is 4.79 Å². The Hall–Kier alpha value is -0.670. The number of fused-ring (bicyclic) bond motifs is 6. The first kappa shape index (κ1) is 24.0. The van der Waals surface area contributed by atoms with E-state index >= 15 is 0 Å². The van der Waals surface area contributed by atoms with Gasteiger partial charge in [0.2, 0.25) is 0 Å². The Morgan fingerprint density at radius 1 is 0.879 bits per heavy atom. The second kappa shape index (κ2) is 7.42. The molecule has 4 fully saturated rings. The van der Waals surface area contributed by atoms with Crippen LogP contribution in [0.1, 0.15) is 106 Å². The highest BCUT2D eigenvalue weighted by atomic mass is 16.3. The van der Waals surface area contributed by atoms with Crippen molar-refractivity contribution in [2.45, 2.75) is 112 Å². The fourth-order valence-corrected chi connectivity index (χ4v) is 10.8. The first-order chi connectivity index (χ1) is 15.3. The first-order valence-corrected chi connectivity index (χ1v) is 13.8. The van der Waals surface area contributed by atoms with Gasteiger partial charge in [0.1, 0.15) is 5.78 Å². The zero-order valence-electron chi connectivity index (χ0n) is 22.0. The fourth-order valence-electron chi connectivity index (χ4n) is 10.8. The summed E-state index contributed by atoms with van der Waals surface area (Å²) in [6.45, 7) is 14.2. The topological polar surface area (TPSA) is 57.5 Å². The minimum atomic E-state index is -0.562. The molecule has 5 aliphatic rings. The van der Waals surface area contributed by atoms with Gasteiger partial charge in [-0.25, -0.2) is 0 Å². The van der Waals surface area contributed by atoms with Crippen molar-refractivity contribution in [3.8, 4) is 0 Å². The van der Waals surface area contributed by atoms with Crippen LogP contribution in [-0.2, 0) is 4.79 Å². The number of Topliss-reactive ketones (excluding diaryl/α,β-unsaturated/α-hetero) is 1. The summed E-state index contributed by atoms with van der Waals surface area (Å²) < 4.78 is 0. The van der Waals surface area contributed by atoms with E-state index in [1.54, 1.807) is 5.57 Å². The Balaban J connectivity index is 1.51. The Morgan fingerprint density at radius 2 is 1.61 bits per heavy atom. The van der Waals surface area contributed by atoms with E-state index in [1.807, 2.05) is 0 Å². The largest absolute Gasteiger partial charge is 0.395 e. The number of carbonyl (C=O) groups excluding carboxylic acids is 1. The molecule has 0 bridgehead atoms. The molecule has 33 heavy (non-hydrogen) atoms. The summed E-state index contributed by atoms with van der Waals surface area (Å²) in [5, 5.41) is 21.2. The molecule has 2 N–H and O–H groups in total. The van der Waals surface area contributed by atoms with E-state index in [4.69, 9.17) is 0 Å². The van der Waals surface area contributed by atoms with Gasteiger partial charge in [0.05, 0.1) is 18.1 Å². The molecule has 0 amide bonds. The number of hydrogen-bond acceptors (Lipinski definition) is 3. The summed E-state index contributed by atoms with van der Waals surface area (Å²) in [7, 11) is 0. The van der Waals surface area contributed by atoms with Crippen LogP contribution in [0, 0.1) is 50.7 Å². The molecule has 0 aromatic carbocycles. The van der Waals surface area contributed by atoms with Crippen molar-refractivity contribution in [1.29, 1.82) is 0 Å². The van der Waals surface area contributed by atoms with Crippen molar-refractivity contribution in [2.75, 3.05) is 6.61 Å². The number of rotatable bonds is 1. The molecule has 4 saturated carbocycles. The van der Waals surface area contributed by atoms with Crippen LogP contribution in [-0.4, -0.2) is 28.7 Å². The fraction of sp³-hybridized carbons (Fsp3) is 0.900. The summed E-state index contributed by atoms with van der Waals surface area (Å²) in [5.74, 6) is 2.37. The predicted octanol–water partition coefficient (Wildman–Crippen LogP) is 6.32. The highest BCUT2D eigenvalue weighted by Gasteiger charge is 2.63. The van der Waals surface area contributed by atoms with Gasteiger partial charge >= 0.3 is 0 Å². The molecular formula is C30H48O3. The van der Waals surface area contributed by atoms with Crippen LogP contribution in [0.4, 0.5) is 0 Å². The van der Waals surface area contributed by atoms with Crippen molar-refractivity contribution in [3.05, 3.63) is 11.6 Å². The standard InChI is InChI=1S/C30H48O3/c1-26(2)21-9-7-19-17-27(3)14-11-23-29(5,16-13-25(33)30(23,6)18-31)22(27)10-8-20(19)28(21,4)15-12-24(26)32/h7,20-24,31-32H,8-18H2,1-6H3/t20-,21-,22-,23+,24+,27-,28+,29+,30+/m0/s1. The minimum Gasteiger partial charge on any atom is -0.395 e. The van der Waals surface area contributed by atoms with Gasteiger partial charge in [-0.15, -0.1) is 0 Å². The smallest absolute Gasteiger partial charge is 0.141 e. The van der Waals surface area contributed by atoms with E-state index in [2.05, 4.69) is 47.6 Å². The van der Waals surface area contributed by atoms with Crippen LogP contribution < -0.4 is 0 Å². The Kier molecular flexibility index (Phi) is 5.40. The molecule has 0 aromatic rings. The lowest BCUT2D eigenvalue weighted by Gasteiger charge is -2.62. The summed E-state index contributed by atoms with van der Waals surface area (Å²) in [6.07, 6.45) is 13.2. The molecule has 0 aliphatic heterocycles. The lowest BCUT2D eigenvalue weighted by molar-refractivity contribution is -0.168. The van der Waals surface area contributed by atoms with E-state index in [9.17, 15) is 15.0 Å². The number of ketones is 1. The predicted molar refractivity (Wildman–Crippen MR) is 133 cm³/mol. The van der Waals surface area contributed by atoms with Crippen molar-refractivity contribution in [1.82, 2.24) is 0 Å². The van der Waals surface area contributed by atoms with Crippen LogP contribution in [0.2, 0.25) is 0 Å². The average molecular weight is 457 g/mol. The van der Waals surface area contributed by atoms with Gasteiger partial charge in [0, 0.05) is 6.42 Å². The van der Waals surface area contributed by atoms with Crippen LogP contribution >= 0.6 is 0 Å². The van der Waals surface area contributed by atoms with E-state index in [0.717, 1.165) is 32.1 Å². The molecule has 5 rings (SSSR count). The third-order valence-corrected chi connectivity index (χ3v) is 12.8. The SMILES string of the molecule is CC1(C)[C@H](O)CC[C@]2(C)[C@H]3CC[C@H]4[C@@](C)(CC[C@@H]5[C@]4(C)CCC(=O)[C@]5(C)CO)CC3=CC[C@@H]12. The van der Waals surface area contributed by atoms with E-state index in [1.165, 1.54) is 25.7 Å². The molecule has 0 saturated heterocycles. The summed E-state index contributed by atoms with van der Waals surface area (Å²) in [5.41, 5.74) is 1.82. The average Bonchev–Trinajstić information content (AvgIpc) is 2.91. The van der Waals surface area contributed by atoms with Gasteiger partial charge in [-0.1, -0.05) is 53.2 Å². The van der Waals surface area contributed by atoms with Crippen molar-refractivity contribution in [3.63, 3.8) is 0 Å². The summed E-state index contributed by atoms with van der Waals surface area (Å²) in [4.78, 5) is 13.0. The maximum atomic E-state index is 13.0. The lowest BCUT2D eigenvalue weighted by atomic mass is 9.42. The molecule has 3 heteroatoms. The molecule has 0 radical (unpaired) electrons. The van der Waals surface area contributed by atoms with Gasteiger partial charge in [-0.05, 0) is 103 Å². The Morgan fingerprint density at radius 3 is 2.30 bits per heavy atom. The third kappa shape index (κ3) is 3.09. The second-order valence-corrected chi connectivity index (χ2v) is 14.6. The molecule has 186 valence electrons. The van der Waals surface area contributed by atoms with E-state index < -0.39 is 5.41 Å². The molecule has 0 unspecified atom stereocenters. The second-order valence-electron chi connectivity index (χ2n) is 14.6. The highest BCUT2D eigenvalue weighted by molar-refractivity contribution is 5.86. The molecule has 0 aromatic heterocycles. The zero-order chi connectivity index (χ0) is 24.0. The Labute approximate surface area is 201 Å². The Bertz CT molecular complexity index is 859. The van der Waals surface area contributed by atoms with Crippen LogP contribution in [0.5, 0.6) is 0 Å². The van der Waals surface area contributed by atoms with Crippen molar-refractivity contribution >= 4 is 5.78 Å². The molecule has 5 aliphatic carbocycles. The number of allylic oxidation sites excluding steroid dienone is 2. The lowest BCUT2D eigenvalue weighted by Crippen LogP contribution is -2.59. The van der Waals surface area contributed by atoms with Crippen LogP contribution in [0.3, 0.4) is 0 Å². The quantitative estimate of drug-likeness (QED) is 0.454. The summed E-state index contributed by atoms with van der Waals surface area (Å²) in [6, 6.07) is 0. The summed E-state index contributed by atoms with van der Waals surface area (Å²) >= 11 is 0. The highest BCUT2D eigenvalue weighted by Crippen LogP contribution is 2.69. The number of aliphatic hydroxyl groups excluding tert-OH is 2. The van der Waals surface area contributed by atoms with Crippen LogP contribution in [0.15, 0.2) is 11.6 Å². The van der Waals surface area contributed by atoms with Gasteiger partial charge in [-0.2, -0.15) is 0 Å². The number of hydrogen-bond donors (Lipinski definition) is 2. The molecule has 9 atom stereocenters. The van der Waals surface area contributed by atoms with E-state index in [0.29, 0.717) is 35.9 Å². The van der Waals surface area contributed by atoms with E-state index in [-0.39, 0.29) is 34.4 Å². The maximum Gasteiger partial charge on any atom is 0.141 e. The minimum absolute atomic E-state index is 0.000459. The van der Waals surface area contributed by atoms with Crippen LogP contribution in [0.25, 0.3) is 0 Å². The zero-order valence-corrected chi connectivity index (χ0v) is 22.0. The molecule has 3 nitrogen and oxygen atoms in total. The maximum absolute atomic E-state index is 13.0. The number of aliphatic hydroxyl groups is 2. The third-order valence-electron chi connectivity index (χ3n) is 12.8. The van der Waals surface area contributed by atoms with Crippen molar-refractivity contribution in [2.24, 2.45) is 50.7 Å². The molecule has 0 heterocycles. The number of carbonyl (C=O) groups is 1. The first-order valence-electron chi connectivity index (χ1n) is 13.8. The van der Waals surface area contributed by atoms with Crippen molar-refractivity contribution < 1.29 is 15.0 Å². The monoisotopic (exact) mass is 456 g/mol. The van der Waals surface area contributed by atoms with Gasteiger partial charge in [0.25, 0.3) is 0 Å². The normalized spacial score (nSPS) is 53.6. The molecular weight excluding hydrogens is 408 g/mol. The molecule has 0 spiro atoms.